The highest BCUT2D eigenvalue weighted by atomic mass is 31.3. The highest BCUT2D eigenvalue weighted by Crippen LogP contribution is 2.66. The minimum Gasteiger partial charge on any atom is -0.387 e. The van der Waals surface area contributed by atoms with Crippen molar-refractivity contribution in [2.75, 3.05) is 6.61 Å². The quantitative estimate of drug-likeness (QED) is 0.141. The number of nitrogens with zero attached hydrogens (tertiary/aromatic N) is 1. The number of phosphoric ester groups is 1. The lowest BCUT2D eigenvalue weighted by Gasteiger charge is -2.28. The third-order valence-corrected chi connectivity index (χ3v) is 7.58. The van der Waals surface area contributed by atoms with Gasteiger partial charge in [-0.25, -0.2) is 18.5 Å². The van der Waals surface area contributed by atoms with E-state index in [4.69, 9.17) is 19.4 Å². The first-order chi connectivity index (χ1) is 14.0. The molecule has 31 heavy (non-hydrogen) atoms. The molecule has 0 amide bonds. The second-order valence-corrected chi connectivity index (χ2v) is 10.4. The number of H-pyrrole nitrogens is 1. The van der Waals surface area contributed by atoms with Crippen LogP contribution in [0.2, 0.25) is 0 Å². The smallest absolute Gasteiger partial charge is 0.387 e. The third kappa shape index (κ3) is 6.37. The maximum atomic E-state index is 11.9. The van der Waals surface area contributed by atoms with Crippen LogP contribution in [0.1, 0.15) is 6.23 Å². The van der Waals surface area contributed by atoms with Crippen LogP contribution in [-0.2, 0) is 31.6 Å². The van der Waals surface area contributed by atoms with E-state index in [1.165, 1.54) is 0 Å². The molecule has 1 aliphatic heterocycles. The Labute approximate surface area is 171 Å². The Morgan fingerprint density at radius 3 is 2.29 bits per heavy atom. The van der Waals surface area contributed by atoms with Crippen molar-refractivity contribution in [2.24, 2.45) is 0 Å². The van der Waals surface area contributed by atoms with Gasteiger partial charge < -0.3 is 34.5 Å². The molecular formula is C11H17N2O15P3. The van der Waals surface area contributed by atoms with E-state index < -0.39 is 65.4 Å². The number of rotatable bonds is 9. The Hall–Kier alpha value is -1.29. The summed E-state index contributed by atoms with van der Waals surface area (Å²) < 4.78 is 51.4. The molecule has 1 aromatic rings. The number of ether oxygens (including phenoxy) is 1. The molecule has 7 N–H and O–H groups in total. The first-order valence-electron chi connectivity index (χ1n) is 7.78. The van der Waals surface area contributed by atoms with Gasteiger partial charge in [0.15, 0.2) is 6.23 Å². The fourth-order valence-corrected chi connectivity index (χ4v) is 5.55. The van der Waals surface area contributed by atoms with Gasteiger partial charge in [0.1, 0.15) is 17.8 Å². The fourth-order valence-electron chi connectivity index (χ4n) is 2.49. The Morgan fingerprint density at radius 2 is 1.77 bits per heavy atom. The highest BCUT2D eigenvalue weighted by molar-refractivity contribution is 7.66. The number of phosphoric acid groups is 3. The Kier molecular flexibility index (Phi) is 7.47. The van der Waals surface area contributed by atoms with E-state index in [-0.39, 0.29) is 0 Å². The van der Waals surface area contributed by atoms with Crippen molar-refractivity contribution in [1.82, 2.24) is 9.55 Å². The summed E-state index contributed by atoms with van der Waals surface area (Å²) in [7, 11) is -17.0. The zero-order chi connectivity index (χ0) is 23.8. The molecule has 2 unspecified atom stereocenters. The van der Waals surface area contributed by atoms with E-state index in [1.807, 2.05) is 4.98 Å². The van der Waals surface area contributed by atoms with Gasteiger partial charge in [0.25, 0.3) is 5.56 Å². The minimum absolute atomic E-state index is 0.686. The molecule has 1 aliphatic rings. The molecule has 1 fully saturated rings. The van der Waals surface area contributed by atoms with E-state index in [0.717, 1.165) is 18.3 Å². The van der Waals surface area contributed by atoms with Crippen molar-refractivity contribution in [3.63, 3.8) is 0 Å². The van der Waals surface area contributed by atoms with E-state index >= 15 is 0 Å². The zero-order valence-electron chi connectivity index (χ0n) is 15.0. The Bertz CT molecular complexity index is 1090. The number of aromatic nitrogens is 2. The summed E-state index contributed by atoms with van der Waals surface area (Å²) in [5.74, 6) is 0. The lowest BCUT2D eigenvalue weighted by atomic mass is 9.96. The van der Waals surface area contributed by atoms with Crippen molar-refractivity contribution in [2.45, 2.75) is 24.0 Å². The maximum absolute atomic E-state index is 11.9. The molecule has 0 aliphatic carbocycles. The summed E-state index contributed by atoms with van der Waals surface area (Å²) in [6.07, 6.45) is -3.68. The molecular weight excluding hydrogens is 493 g/mol. The second-order valence-electron chi connectivity index (χ2n) is 5.98. The fraction of sp³-hybridized carbons (Fsp3) is 0.455. The van der Waals surface area contributed by atoms with Gasteiger partial charge in [-0.05, 0) is 0 Å². The molecule has 17 nitrogen and oxygen atoms in total. The number of hydrogen-bond donors (Lipinski definition) is 7. The van der Waals surface area contributed by atoms with Gasteiger partial charge in [-0.1, -0.05) is 6.08 Å². The van der Waals surface area contributed by atoms with Gasteiger partial charge >= 0.3 is 29.2 Å². The van der Waals surface area contributed by atoms with Crippen molar-refractivity contribution in [1.29, 1.82) is 0 Å². The average Bonchev–Trinajstić information content (AvgIpc) is 2.82. The second kappa shape index (κ2) is 8.92. The van der Waals surface area contributed by atoms with Crippen LogP contribution in [0.15, 0.2) is 34.5 Å². The molecule has 0 radical (unpaired) electrons. The standard InChI is InChI=1S/C11H17N2O15P3/c1-2-11(5-25-30(21,22)28-31(23,24)27-29(18,19)20)8(16)7(15)9(26-11)13-4-3-6(14)12-10(13)17/h2-4,7-9,15-16H,1,5H2,(H,21,22)(H,23,24)(H,12,14,17)(H2,18,19,20)/t7-,8+,9-,11-/m1/s1. The predicted octanol–water partition coefficient (Wildman–Crippen LogP) is -1.94. The number of aliphatic hydroxyl groups is 2. The number of aromatic amines is 1. The van der Waals surface area contributed by atoms with E-state index in [2.05, 4.69) is 19.7 Å². The van der Waals surface area contributed by atoms with Gasteiger partial charge in [0, 0.05) is 12.3 Å². The SMILES string of the molecule is C=C[C@]1(COP(=O)(O)OP(=O)(O)OP(=O)(O)O)O[C@@H](n2ccc(=O)[nH]c2=O)[C@H](O)[C@@H]1O. The first kappa shape index (κ1) is 26.0. The summed E-state index contributed by atoms with van der Waals surface area (Å²) in [5.41, 5.74) is -3.99. The normalized spacial score (nSPS) is 30.5. The molecule has 20 heteroatoms. The molecule has 0 bridgehead atoms. The summed E-state index contributed by atoms with van der Waals surface area (Å²) >= 11 is 0. The Balaban J connectivity index is 2.22. The van der Waals surface area contributed by atoms with E-state index in [1.54, 1.807) is 0 Å². The van der Waals surface area contributed by atoms with E-state index in [0.29, 0.717) is 4.57 Å². The molecule has 6 atom stereocenters. The van der Waals surface area contributed by atoms with Gasteiger partial charge in [-0.3, -0.25) is 18.9 Å². The van der Waals surface area contributed by atoms with Crippen LogP contribution in [0.25, 0.3) is 0 Å². The largest absolute Gasteiger partial charge is 0.490 e. The minimum atomic E-state index is -5.78. The molecule has 2 rings (SSSR count). The van der Waals surface area contributed by atoms with Crippen molar-refractivity contribution >= 4 is 23.5 Å². The lowest BCUT2D eigenvalue weighted by Crippen LogP contribution is -2.45. The van der Waals surface area contributed by atoms with Gasteiger partial charge in [-0.2, -0.15) is 8.62 Å². The third-order valence-electron chi connectivity index (χ3n) is 3.80. The summed E-state index contributed by atoms with van der Waals surface area (Å²) in [4.78, 5) is 60.6. The van der Waals surface area contributed by atoms with Crippen molar-refractivity contribution in [3.8, 4) is 0 Å². The van der Waals surface area contributed by atoms with Gasteiger partial charge in [0.2, 0.25) is 0 Å². The zero-order valence-corrected chi connectivity index (χ0v) is 17.7. The average molecular weight is 510 g/mol. The topological polar surface area (TPSA) is 264 Å². The van der Waals surface area contributed by atoms with Crippen LogP contribution >= 0.6 is 23.5 Å². The van der Waals surface area contributed by atoms with Gasteiger partial charge in [-0.15, -0.1) is 6.58 Å². The Morgan fingerprint density at radius 1 is 1.16 bits per heavy atom. The summed E-state index contributed by atoms with van der Waals surface area (Å²) in [6.45, 7) is 2.15. The number of aliphatic hydroxyl groups excluding tert-OH is 2. The highest BCUT2D eigenvalue weighted by Gasteiger charge is 2.55. The number of hydrogen-bond acceptors (Lipinski definition) is 11. The van der Waals surface area contributed by atoms with Crippen molar-refractivity contribution in [3.05, 3.63) is 45.8 Å². The van der Waals surface area contributed by atoms with Crippen LogP contribution in [0, 0.1) is 0 Å². The molecule has 0 spiro atoms. The lowest BCUT2D eigenvalue weighted by molar-refractivity contribution is -0.0976. The first-order valence-corrected chi connectivity index (χ1v) is 12.3. The van der Waals surface area contributed by atoms with Crippen LogP contribution in [0.5, 0.6) is 0 Å². The molecule has 2 heterocycles. The van der Waals surface area contributed by atoms with Crippen LogP contribution in [-0.4, -0.2) is 63.8 Å². The van der Waals surface area contributed by atoms with E-state index in [9.17, 15) is 38.4 Å². The summed E-state index contributed by atoms with van der Waals surface area (Å²) in [6, 6.07) is 0.907. The maximum Gasteiger partial charge on any atom is 0.490 e. The van der Waals surface area contributed by atoms with Gasteiger partial charge in [0.05, 0.1) is 6.61 Å². The molecule has 1 aromatic heterocycles. The summed E-state index contributed by atoms with van der Waals surface area (Å²) in [5, 5.41) is 20.5. The molecule has 176 valence electrons. The molecule has 0 saturated carbocycles. The monoisotopic (exact) mass is 510 g/mol. The predicted molar refractivity (Wildman–Crippen MR) is 96.2 cm³/mol. The van der Waals surface area contributed by atoms with Crippen LogP contribution in [0.3, 0.4) is 0 Å². The molecule has 1 saturated heterocycles. The molecule has 0 aromatic carbocycles. The van der Waals surface area contributed by atoms with Crippen LogP contribution < -0.4 is 11.2 Å². The van der Waals surface area contributed by atoms with Crippen LogP contribution in [0.4, 0.5) is 0 Å². The van der Waals surface area contributed by atoms with Crippen molar-refractivity contribution < 1.29 is 61.4 Å². The number of nitrogens with one attached hydrogen (secondary N) is 1.